The molecule has 1 aromatic heterocycles. The number of hydrogen-bond donors (Lipinski definition) is 2. The van der Waals surface area contributed by atoms with Gasteiger partial charge >= 0.3 is 6.18 Å². The molecule has 14 heteroatoms. The summed E-state index contributed by atoms with van der Waals surface area (Å²) in [5, 5.41) is 13.8. The van der Waals surface area contributed by atoms with Gasteiger partial charge in [0, 0.05) is 10.2 Å². The van der Waals surface area contributed by atoms with Crippen LogP contribution in [0.15, 0.2) is 82.4 Å². The number of thioether (sulfide) groups is 1. The van der Waals surface area contributed by atoms with Gasteiger partial charge in [-0.1, -0.05) is 57.5 Å². The van der Waals surface area contributed by atoms with E-state index in [9.17, 15) is 22.8 Å². The second kappa shape index (κ2) is 13.2. The average molecular weight is 655 g/mol. The summed E-state index contributed by atoms with van der Waals surface area (Å²) >= 11 is 10.4. The van der Waals surface area contributed by atoms with Crippen LogP contribution in [0.1, 0.15) is 11.4 Å². The highest BCUT2D eigenvalue weighted by molar-refractivity contribution is 9.10. The number of nitrogens with zero attached hydrogens (tertiary/aromatic N) is 3. The molecule has 0 radical (unpaired) electrons. The van der Waals surface area contributed by atoms with Crippen molar-refractivity contribution in [1.29, 1.82) is 0 Å². The monoisotopic (exact) mass is 653 g/mol. The standard InChI is InChI=1S/C26H20BrClF3N5O3S/c27-17-7-9-18(10-8-17)36-22(13-32-23(37)14-39-19-4-2-1-3-5-19)34-35-25(36)40-15-24(38)33-21-12-16(26(29,30)31)6-11-20(21)28/h1-12H,13-15H2,(H,32,37)(H,33,38). The Balaban J connectivity index is 1.44. The number of para-hydroxylation sites is 1. The first-order chi connectivity index (χ1) is 19.1. The molecule has 2 amide bonds. The van der Waals surface area contributed by atoms with Crippen LogP contribution in [0.25, 0.3) is 5.69 Å². The number of aromatic nitrogens is 3. The molecule has 4 rings (SSSR count). The number of hydrogen-bond acceptors (Lipinski definition) is 6. The number of amides is 2. The van der Waals surface area contributed by atoms with Crippen molar-refractivity contribution in [2.24, 2.45) is 0 Å². The Labute approximate surface area is 244 Å². The number of anilines is 1. The molecule has 40 heavy (non-hydrogen) atoms. The van der Waals surface area contributed by atoms with Crippen molar-refractivity contribution in [1.82, 2.24) is 20.1 Å². The van der Waals surface area contributed by atoms with Gasteiger partial charge in [-0.2, -0.15) is 13.2 Å². The number of ether oxygens (including phenoxy) is 1. The molecular weight excluding hydrogens is 635 g/mol. The van der Waals surface area contributed by atoms with E-state index in [0.29, 0.717) is 22.4 Å². The molecule has 208 valence electrons. The van der Waals surface area contributed by atoms with Crippen molar-refractivity contribution in [2.45, 2.75) is 17.9 Å². The minimum absolute atomic E-state index is 0.0205. The molecule has 1 heterocycles. The van der Waals surface area contributed by atoms with E-state index in [1.54, 1.807) is 41.0 Å². The third-order valence-corrected chi connectivity index (χ3v) is 7.03. The molecule has 0 fully saturated rings. The first-order valence-corrected chi connectivity index (χ1v) is 13.7. The van der Waals surface area contributed by atoms with Gasteiger partial charge in [0.15, 0.2) is 17.6 Å². The summed E-state index contributed by atoms with van der Waals surface area (Å²) in [4.78, 5) is 24.9. The van der Waals surface area contributed by atoms with Gasteiger partial charge in [0.05, 0.1) is 28.6 Å². The van der Waals surface area contributed by atoms with Crippen molar-refractivity contribution < 1.29 is 27.5 Å². The van der Waals surface area contributed by atoms with Crippen molar-refractivity contribution in [2.75, 3.05) is 17.7 Å². The lowest BCUT2D eigenvalue weighted by atomic mass is 10.2. The quantitative estimate of drug-likeness (QED) is 0.200. The van der Waals surface area contributed by atoms with E-state index in [1.165, 1.54) is 0 Å². The molecule has 0 unspecified atom stereocenters. The Morgan fingerprint density at radius 2 is 1.73 bits per heavy atom. The predicted molar refractivity (Wildman–Crippen MR) is 149 cm³/mol. The van der Waals surface area contributed by atoms with Gasteiger partial charge in [0.25, 0.3) is 5.91 Å². The number of halogens is 5. The molecule has 0 aliphatic carbocycles. The molecule has 0 atom stereocenters. The minimum atomic E-state index is -4.58. The van der Waals surface area contributed by atoms with Crippen LogP contribution in [-0.4, -0.2) is 38.9 Å². The van der Waals surface area contributed by atoms with Crippen molar-refractivity contribution in [3.8, 4) is 11.4 Å². The second-order valence-corrected chi connectivity index (χ2v) is 10.4. The van der Waals surface area contributed by atoms with Crippen LogP contribution in [0.3, 0.4) is 0 Å². The van der Waals surface area contributed by atoms with Gasteiger partial charge < -0.3 is 15.4 Å². The van der Waals surface area contributed by atoms with E-state index in [0.717, 1.165) is 34.4 Å². The zero-order valence-electron chi connectivity index (χ0n) is 20.4. The summed E-state index contributed by atoms with van der Waals surface area (Å²) < 4.78 is 47.1. The van der Waals surface area contributed by atoms with Crippen molar-refractivity contribution >= 4 is 56.8 Å². The molecule has 0 spiro atoms. The molecule has 0 aliphatic rings. The number of rotatable bonds is 10. The Morgan fingerprint density at radius 3 is 2.42 bits per heavy atom. The van der Waals surface area contributed by atoms with Gasteiger partial charge in [-0.15, -0.1) is 10.2 Å². The maximum Gasteiger partial charge on any atom is 0.416 e. The largest absolute Gasteiger partial charge is 0.484 e. The molecule has 0 saturated carbocycles. The minimum Gasteiger partial charge on any atom is -0.484 e. The fourth-order valence-corrected chi connectivity index (χ4v) is 4.57. The fraction of sp³-hybridized carbons (Fsp3) is 0.154. The Hall–Kier alpha value is -3.55. The lowest BCUT2D eigenvalue weighted by Crippen LogP contribution is -2.29. The third kappa shape index (κ3) is 7.99. The van der Waals surface area contributed by atoms with Gasteiger partial charge in [0.1, 0.15) is 5.75 Å². The first-order valence-electron chi connectivity index (χ1n) is 11.5. The van der Waals surface area contributed by atoms with E-state index in [4.69, 9.17) is 16.3 Å². The van der Waals surface area contributed by atoms with E-state index < -0.39 is 17.6 Å². The summed E-state index contributed by atoms with van der Waals surface area (Å²) in [7, 11) is 0. The Bertz CT molecular complexity index is 1490. The van der Waals surface area contributed by atoms with Crippen LogP contribution in [0.5, 0.6) is 5.75 Å². The average Bonchev–Trinajstić information content (AvgIpc) is 3.34. The molecule has 8 nitrogen and oxygen atoms in total. The number of nitrogens with one attached hydrogen (secondary N) is 2. The number of benzene rings is 3. The molecule has 4 aromatic rings. The lowest BCUT2D eigenvalue weighted by molar-refractivity contribution is -0.137. The van der Waals surface area contributed by atoms with E-state index in [1.807, 2.05) is 18.2 Å². The van der Waals surface area contributed by atoms with Gasteiger partial charge in [-0.3, -0.25) is 14.2 Å². The van der Waals surface area contributed by atoms with Crippen molar-refractivity contribution in [3.63, 3.8) is 0 Å². The van der Waals surface area contributed by atoms with Gasteiger partial charge in [-0.05, 0) is 54.6 Å². The van der Waals surface area contributed by atoms with Crippen LogP contribution in [-0.2, 0) is 22.3 Å². The predicted octanol–water partition coefficient (Wildman–Crippen LogP) is 6.13. The van der Waals surface area contributed by atoms with Crippen LogP contribution in [0.4, 0.5) is 18.9 Å². The Kier molecular flexibility index (Phi) is 9.71. The lowest BCUT2D eigenvalue weighted by Gasteiger charge is -2.13. The summed E-state index contributed by atoms with van der Waals surface area (Å²) in [6.45, 7) is -0.178. The summed E-state index contributed by atoms with van der Waals surface area (Å²) in [6, 6.07) is 18.8. The van der Waals surface area contributed by atoms with E-state index in [-0.39, 0.29) is 35.5 Å². The highest BCUT2D eigenvalue weighted by Gasteiger charge is 2.31. The SMILES string of the molecule is O=C(COc1ccccc1)NCc1nnc(SCC(=O)Nc2cc(C(F)(F)F)ccc2Cl)n1-c1ccc(Br)cc1. The third-order valence-electron chi connectivity index (χ3n) is 5.24. The maximum atomic E-state index is 13.1. The Morgan fingerprint density at radius 1 is 1.00 bits per heavy atom. The van der Waals surface area contributed by atoms with Crippen molar-refractivity contribution in [3.05, 3.63) is 93.7 Å². The van der Waals surface area contributed by atoms with Crippen LogP contribution in [0.2, 0.25) is 5.02 Å². The van der Waals surface area contributed by atoms with Crippen LogP contribution >= 0.6 is 39.3 Å². The molecular formula is C26H20BrClF3N5O3S. The molecule has 0 aliphatic heterocycles. The van der Waals surface area contributed by atoms with Gasteiger partial charge in [-0.25, -0.2) is 0 Å². The molecule has 0 saturated heterocycles. The first kappa shape index (κ1) is 29.4. The summed E-state index contributed by atoms with van der Waals surface area (Å²) in [6.07, 6.45) is -4.58. The normalized spacial score (nSPS) is 11.2. The smallest absolute Gasteiger partial charge is 0.416 e. The fourth-order valence-electron chi connectivity index (χ4n) is 3.37. The number of alkyl halides is 3. The van der Waals surface area contributed by atoms with E-state index in [2.05, 4.69) is 36.8 Å². The molecule has 2 N–H and O–H groups in total. The highest BCUT2D eigenvalue weighted by atomic mass is 79.9. The summed E-state index contributed by atoms with van der Waals surface area (Å²) in [5.74, 6) is -0.220. The molecule has 3 aromatic carbocycles. The van der Waals surface area contributed by atoms with E-state index >= 15 is 0 Å². The topological polar surface area (TPSA) is 98.1 Å². The zero-order valence-corrected chi connectivity index (χ0v) is 23.6. The van der Waals surface area contributed by atoms with Crippen LogP contribution < -0.4 is 15.4 Å². The van der Waals surface area contributed by atoms with Crippen LogP contribution in [0, 0.1) is 0 Å². The summed E-state index contributed by atoms with van der Waals surface area (Å²) in [5.41, 5.74) is -0.421. The molecule has 0 bridgehead atoms. The number of carbonyl (C=O) groups excluding carboxylic acids is 2. The second-order valence-electron chi connectivity index (χ2n) is 8.12. The zero-order chi connectivity index (χ0) is 28.7. The van der Waals surface area contributed by atoms with Gasteiger partial charge in [0.2, 0.25) is 5.91 Å². The highest BCUT2D eigenvalue weighted by Crippen LogP contribution is 2.34. The number of carbonyl (C=O) groups is 2. The maximum absolute atomic E-state index is 13.1.